The monoisotopic (exact) mass is 480 g/mol. The van der Waals surface area contributed by atoms with E-state index in [1.54, 1.807) is 12.1 Å². The number of methoxy groups -OCH3 is 2. The smallest absolute Gasteiger partial charge is 0.306 e. The van der Waals surface area contributed by atoms with Crippen molar-refractivity contribution in [1.82, 2.24) is 9.55 Å². The molecule has 8 nitrogen and oxygen atoms in total. The van der Waals surface area contributed by atoms with Crippen LogP contribution in [0.15, 0.2) is 47.5 Å². The van der Waals surface area contributed by atoms with E-state index in [4.69, 9.17) is 14.2 Å². The van der Waals surface area contributed by atoms with E-state index >= 15 is 0 Å². The Kier molecular flexibility index (Phi) is 6.93. The third kappa shape index (κ3) is 4.65. The molecule has 0 amide bonds. The van der Waals surface area contributed by atoms with Gasteiger partial charge in [-0.05, 0) is 36.4 Å². The number of benzene rings is 2. The van der Waals surface area contributed by atoms with Crippen molar-refractivity contribution in [3.8, 4) is 11.5 Å². The minimum absolute atomic E-state index is 0.0785. The second kappa shape index (κ2) is 10.0. The van der Waals surface area contributed by atoms with E-state index in [9.17, 15) is 14.4 Å². The highest BCUT2D eigenvalue weighted by Gasteiger charge is 2.17. The number of fused-ring (bicyclic) bond motifs is 2. The normalized spacial score (nSPS) is 11.0. The molecule has 0 N–H and O–H groups in total. The second-order valence-electron chi connectivity index (χ2n) is 7.71. The number of ketones is 1. The zero-order valence-electron chi connectivity index (χ0n) is 19.1. The van der Waals surface area contributed by atoms with Gasteiger partial charge in [0.15, 0.2) is 18.1 Å². The summed E-state index contributed by atoms with van der Waals surface area (Å²) in [6.07, 6.45) is 1.89. The molecule has 0 radical (unpaired) electrons. The molecular formula is C25H24N2O6S. The van der Waals surface area contributed by atoms with Gasteiger partial charge in [0.2, 0.25) is 5.78 Å². The average Bonchev–Trinajstić information content (AvgIpc) is 3.19. The van der Waals surface area contributed by atoms with Crippen molar-refractivity contribution in [2.24, 2.45) is 0 Å². The predicted molar refractivity (Wildman–Crippen MR) is 130 cm³/mol. The lowest BCUT2D eigenvalue weighted by molar-refractivity contribution is -0.142. The van der Waals surface area contributed by atoms with Crippen LogP contribution < -0.4 is 15.0 Å². The van der Waals surface area contributed by atoms with Crippen LogP contribution in [0.2, 0.25) is 0 Å². The Labute approximate surface area is 199 Å². The van der Waals surface area contributed by atoms with E-state index < -0.39 is 5.97 Å². The van der Waals surface area contributed by atoms with E-state index in [1.165, 1.54) is 36.5 Å². The van der Waals surface area contributed by atoms with Gasteiger partial charge in [-0.2, -0.15) is 0 Å². The lowest BCUT2D eigenvalue weighted by Gasteiger charge is -2.10. The van der Waals surface area contributed by atoms with E-state index in [0.717, 1.165) is 15.6 Å². The van der Waals surface area contributed by atoms with Crippen LogP contribution in [0.5, 0.6) is 11.5 Å². The molecule has 0 bridgehead atoms. The molecule has 4 rings (SSSR count). The van der Waals surface area contributed by atoms with Crippen molar-refractivity contribution in [3.05, 3.63) is 63.5 Å². The Bertz CT molecular complexity index is 1440. The molecule has 176 valence electrons. The number of nitrogens with zero attached hydrogens (tertiary/aromatic N) is 2. The lowest BCUT2D eigenvalue weighted by atomic mass is 10.1. The maximum atomic E-state index is 12.8. The molecule has 0 aliphatic carbocycles. The summed E-state index contributed by atoms with van der Waals surface area (Å²) in [6, 6.07) is 11.0. The summed E-state index contributed by atoms with van der Waals surface area (Å²) in [5.41, 5.74) is 1.15. The van der Waals surface area contributed by atoms with E-state index in [-0.39, 0.29) is 30.9 Å². The highest BCUT2D eigenvalue weighted by Crippen LogP contribution is 2.31. The second-order valence-corrected chi connectivity index (χ2v) is 8.76. The fraction of sp³-hybridized carbons (Fsp3) is 0.280. The van der Waals surface area contributed by atoms with Gasteiger partial charge in [-0.1, -0.05) is 18.2 Å². The number of carbonyl (C=O) groups excluding carboxylic acids is 2. The Morgan fingerprint density at radius 2 is 1.79 bits per heavy atom. The molecular weight excluding hydrogens is 456 g/mol. The minimum Gasteiger partial charge on any atom is -0.493 e. The number of carbonyl (C=O) groups is 2. The molecule has 0 spiro atoms. The van der Waals surface area contributed by atoms with Gasteiger partial charge in [0.1, 0.15) is 0 Å². The van der Waals surface area contributed by atoms with Crippen LogP contribution in [0.1, 0.15) is 28.1 Å². The molecule has 0 aliphatic rings. The zero-order chi connectivity index (χ0) is 24.2. The number of thiophene rings is 1. The Balaban J connectivity index is 1.34. The first-order valence-corrected chi connectivity index (χ1v) is 11.5. The summed E-state index contributed by atoms with van der Waals surface area (Å²) >= 11 is 1.40. The number of hydrogen-bond acceptors (Lipinski definition) is 8. The van der Waals surface area contributed by atoms with Crippen molar-refractivity contribution < 1.29 is 23.8 Å². The van der Waals surface area contributed by atoms with Crippen LogP contribution in [-0.4, -0.2) is 42.1 Å². The third-order valence-electron chi connectivity index (χ3n) is 5.57. The predicted octanol–water partition coefficient (Wildman–Crippen LogP) is 4.14. The molecule has 0 fully saturated rings. The largest absolute Gasteiger partial charge is 0.493 e. The molecule has 2 aromatic carbocycles. The van der Waals surface area contributed by atoms with Crippen LogP contribution in [-0.2, 0) is 16.1 Å². The van der Waals surface area contributed by atoms with Crippen molar-refractivity contribution in [3.63, 3.8) is 0 Å². The number of Topliss-reactive ketones (excluding diaryl/α,β-unsaturated/α-hetero) is 1. The van der Waals surface area contributed by atoms with E-state index in [2.05, 4.69) is 4.98 Å². The Hall–Kier alpha value is -3.72. The molecule has 2 aromatic heterocycles. The maximum absolute atomic E-state index is 12.8. The van der Waals surface area contributed by atoms with Gasteiger partial charge in [-0.25, -0.2) is 4.98 Å². The number of aromatic nitrogens is 2. The first-order chi connectivity index (χ1) is 16.4. The van der Waals surface area contributed by atoms with Crippen LogP contribution in [0.25, 0.3) is 21.0 Å². The van der Waals surface area contributed by atoms with Gasteiger partial charge in [0.25, 0.3) is 5.56 Å². The van der Waals surface area contributed by atoms with Crippen LogP contribution in [0, 0.1) is 6.92 Å². The van der Waals surface area contributed by atoms with Crippen LogP contribution >= 0.6 is 11.3 Å². The third-order valence-corrected chi connectivity index (χ3v) is 6.88. The maximum Gasteiger partial charge on any atom is 0.306 e. The summed E-state index contributed by atoms with van der Waals surface area (Å²) < 4.78 is 18.2. The molecule has 0 aliphatic heterocycles. The van der Waals surface area contributed by atoms with Gasteiger partial charge in [-0.3, -0.25) is 19.0 Å². The highest BCUT2D eigenvalue weighted by atomic mass is 32.1. The van der Waals surface area contributed by atoms with Gasteiger partial charge < -0.3 is 14.2 Å². The highest BCUT2D eigenvalue weighted by molar-refractivity contribution is 7.21. The first kappa shape index (κ1) is 23.4. The standard InChI is InChI=1S/C25H24N2O6S/c1-15-16-7-4-5-8-22(16)34-24(15)19(28)13-33-23(29)9-6-10-27-14-26-18-12-21(32-3)20(31-2)11-17(18)25(27)30/h4-5,7-8,11-12,14H,6,9-10,13H2,1-3H3. The van der Waals surface area contributed by atoms with E-state index in [0.29, 0.717) is 33.7 Å². The quantitative estimate of drug-likeness (QED) is 0.262. The number of aryl methyl sites for hydroxylation is 2. The molecule has 0 atom stereocenters. The van der Waals surface area contributed by atoms with Gasteiger partial charge in [0, 0.05) is 23.7 Å². The summed E-state index contributed by atoms with van der Waals surface area (Å²) in [5, 5.41) is 1.43. The fourth-order valence-electron chi connectivity index (χ4n) is 3.76. The molecule has 4 aromatic rings. The molecule has 34 heavy (non-hydrogen) atoms. The summed E-state index contributed by atoms with van der Waals surface area (Å²) in [6.45, 7) is 1.88. The van der Waals surface area contributed by atoms with Gasteiger partial charge in [0.05, 0.1) is 36.3 Å². The van der Waals surface area contributed by atoms with Crippen molar-refractivity contribution in [1.29, 1.82) is 0 Å². The Morgan fingerprint density at radius 3 is 2.53 bits per heavy atom. The topological polar surface area (TPSA) is 96.7 Å². The number of esters is 1. The van der Waals surface area contributed by atoms with Crippen LogP contribution in [0.4, 0.5) is 0 Å². The lowest BCUT2D eigenvalue weighted by Crippen LogP contribution is -2.21. The number of ether oxygens (including phenoxy) is 3. The fourth-order valence-corrected chi connectivity index (χ4v) is 4.90. The summed E-state index contributed by atoms with van der Waals surface area (Å²) in [7, 11) is 3.01. The van der Waals surface area contributed by atoms with Gasteiger partial charge >= 0.3 is 5.97 Å². The van der Waals surface area contributed by atoms with E-state index in [1.807, 2.05) is 31.2 Å². The molecule has 9 heteroatoms. The van der Waals surface area contributed by atoms with Crippen molar-refractivity contribution in [2.75, 3.05) is 20.8 Å². The Morgan fingerprint density at radius 1 is 1.06 bits per heavy atom. The first-order valence-electron chi connectivity index (χ1n) is 10.7. The molecule has 0 unspecified atom stereocenters. The SMILES string of the molecule is COc1cc2ncn(CCCC(=O)OCC(=O)c3sc4ccccc4c3C)c(=O)c2cc1OC. The van der Waals surface area contributed by atoms with Crippen molar-refractivity contribution >= 4 is 44.1 Å². The average molecular weight is 481 g/mol. The summed E-state index contributed by atoms with van der Waals surface area (Å²) in [4.78, 5) is 42.5. The summed E-state index contributed by atoms with van der Waals surface area (Å²) in [5.74, 6) is 0.225. The molecule has 2 heterocycles. The van der Waals surface area contributed by atoms with Crippen LogP contribution in [0.3, 0.4) is 0 Å². The van der Waals surface area contributed by atoms with Crippen molar-refractivity contribution in [2.45, 2.75) is 26.3 Å². The number of hydrogen-bond donors (Lipinski definition) is 0. The number of rotatable bonds is 9. The minimum atomic E-state index is -0.486. The van der Waals surface area contributed by atoms with Gasteiger partial charge in [-0.15, -0.1) is 11.3 Å². The molecule has 0 saturated heterocycles. The zero-order valence-corrected chi connectivity index (χ0v) is 19.9. The molecule has 0 saturated carbocycles.